The lowest BCUT2D eigenvalue weighted by molar-refractivity contribution is -0.124. The molecule has 0 fully saturated rings. The van der Waals surface area contributed by atoms with Crippen LogP contribution >= 0.6 is 0 Å². The normalized spacial score (nSPS) is 18.7. The molecule has 2 unspecified atom stereocenters. The van der Waals surface area contributed by atoms with Crippen molar-refractivity contribution >= 4 is 26.7 Å². The summed E-state index contributed by atoms with van der Waals surface area (Å²) in [5.74, 6) is 0.412. The minimum atomic E-state index is -4.07. The van der Waals surface area contributed by atoms with Crippen LogP contribution in [0, 0.1) is 6.92 Å². The van der Waals surface area contributed by atoms with Crippen LogP contribution in [0.5, 0.6) is 5.75 Å². The van der Waals surface area contributed by atoms with Gasteiger partial charge in [0.25, 0.3) is 10.0 Å². The van der Waals surface area contributed by atoms with Crippen molar-refractivity contribution in [3.63, 3.8) is 0 Å². The van der Waals surface area contributed by atoms with Crippen molar-refractivity contribution in [3.8, 4) is 5.75 Å². The molecule has 3 aromatic carbocycles. The molecule has 6 rings (SSSR count). The first-order valence-corrected chi connectivity index (χ1v) is 15.9. The van der Waals surface area contributed by atoms with E-state index in [1.807, 2.05) is 25.1 Å². The third kappa shape index (κ3) is 5.50. The van der Waals surface area contributed by atoms with Crippen LogP contribution in [-0.2, 0) is 27.8 Å². The van der Waals surface area contributed by atoms with Gasteiger partial charge in [0, 0.05) is 55.0 Å². The van der Waals surface area contributed by atoms with Gasteiger partial charge < -0.3 is 10.1 Å². The molecule has 224 valence electrons. The maximum atomic E-state index is 14.0. The Hall–Kier alpha value is -4.22. The molecule has 1 aromatic heterocycles. The largest absolute Gasteiger partial charge is 0.493 e. The van der Waals surface area contributed by atoms with E-state index in [0.717, 1.165) is 33.1 Å². The summed E-state index contributed by atoms with van der Waals surface area (Å²) in [5, 5.41) is 12.9. The van der Waals surface area contributed by atoms with E-state index in [0.29, 0.717) is 30.1 Å². The van der Waals surface area contributed by atoms with Crippen LogP contribution in [0.2, 0.25) is 0 Å². The SMILES string of the molecule is Cc1ccc(S(=O)(=O)N2C=CNC(=O)C2Cc2cn(C3CCOc4cc(CN(C)C(C)C)ccc43)nn2)c2ccccc12. The first-order chi connectivity index (χ1) is 20.6. The number of carbonyl (C=O) groups is 1. The number of amides is 1. The van der Waals surface area contributed by atoms with Crippen molar-refractivity contribution in [2.45, 2.75) is 63.2 Å². The average molecular weight is 601 g/mol. The van der Waals surface area contributed by atoms with E-state index in [2.05, 4.69) is 59.6 Å². The van der Waals surface area contributed by atoms with Crippen molar-refractivity contribution in [3.05, 3.63) is 95.6 Å². The fourth-order valence-corrected chi connectivity index (χ4v) is 7.36. The zero-order valence-corrected chi connectivity index (χ0v) is 25.6. The number of aryl methyl sites for hydroxylation is 1. The van der Waals surface area contributed by atoms with E-state index in [4.69, 9.17) is 4.74 Å². The summed E-state index contributed by atoms with van der Waals surface area (Å²) in [6.45, 7) is 7.64. The van der Waals surface area contributed by atoms with Gasteiger partial charge in [-0.05, 0) is 56.5 Å². The van der Waals surface area contributed by atoms with Crippen molar-refractivity contribution in [2.75, 3.05) is 13.7 Å². The van der Waals surface area contributed by atoms with Crippen LogP contribution in [0.1, 0.15) is 48.7 Å². The molecule has 2 aliphatic rings. The van der Waals surface area contributed by atoms with E-state index in [9.17, 15) is 13.2 Å². The lowest BCUT2D eigenvalue weighted by atomic mass is 9.98. The number of fused-ring (bicyclic) bond motifs is 2. The molecule has 10 nitrogen and oxygen atoms in total. The van der Waals surface area contributed by atoms with Crippen LogP contribution in [0.15, 0.2) is 78.1 Å². The molecule has 1 amide bonds. The molecule has 0 saturated carbocycles. The third-order valence-corrected chi connectivity index (χ3v) is 10.2. The van der Waals surface area contributed by atoms with Crippen molar-refractivity contribution in [2.24, 2.45) is 0 Å². The van der Waals surface area contributed by atoms with Gasteiger partial charge in [0.2, 0.25) is 5.91 Å². The van der Waals surface area contributed by atoms with Gasteiger partial charge in [0.15, 0.2) is 0 Å². The van der Waals surface area contributed by atoms with Gasteiger partial charge in [0.1, 0.15) is 11.8 Å². The number of sulfonamides is 1. The molecule has 1 N–H and O–H groups in total. The smallest absolute Gasteiger partial charge is 0.265 e. The minimum Gasteiger partial charge on any atom is -0.493 e. The molecule has 2 aliphatic heterocycles. The van der Waals surface area contributed by atoms with E-state index in [-0.39, 0.29) is 17.4 Å². The number of carbonyl (C=O) groups excluding carboxylic acids is 1. The first kappa shape index (κ1) is 28.9. The summed E-state index contributed by atoms with van der Waals surface area (Å²) in [6.07, 6.45) is 5.35. The highest BCUT2D eigenvalue weighted by Crippen LogP contribution is 2.36. The maximum Gasteiger partial charge on any atom is 0.265 e. The predicted molar refractivity (Wildman–Crippen MR) is 164 cm³/mol. The van der Waals surface area contributed by atoms with E-state index in [1.54, 1.807) is 29.1 Å². The quantitative estimate of drug-likeness (QED) is 0.324. The molecular weight excluding hydrogens is 564 g/mol. The predicted octanol–water partition coefficient (Wildman–Crippen LogP) is 4.15. The number of aromatic nitrogens is 3. The number of rotatable bonds is 8. The molecule has 0 aliphatic carbocycles. The highest BCUT2D eigenvalue weighted by atomic mass is 32.2. The molecule has 4 aromatic rings. The minimum absolute atomic E-state index is 0.0652. The Labute approximate surface area is 252 Å². The van der Waals surface area contributed by atoms with E-state index in [1.165, 1.54) is 18.0 Å². The molecule has 0 bridgehead atoms. The first-order valence-electron chi connectivity index (χ1n) is 14.5. The Bertz CT molecular complexity index is 1820. The summed E-state index contributed by atoms with van der Waals surface area (Å²) in [5.41, 5.74) is 3.69. The summed E-state index contributed by atoms with van der Waals surface area (Å²) in [7, 11) is -1.97. The zero-order valence-electron chi connectivity index (χ0n) is 24.8. The molecule has 0 saturated heterocycles. The van der Waals surface area contributed by atoms with Crippen LogP contribution in [0.3, 0.4) is 0 Å². The zero-order chi connectivity index (χ0) is 30.3. The number of benzene rings is 3. The molecule has 2 atom stereocenters. The second kappa shape index (κ2) is 11.5. The topological polar surface area (TPSA) is 110 Å². The fraction of sp³-hybridized carbons (Fsp3) is 0.344. The molecule has 11 heteroatoms. The van der Waals surface area contributed by atoms with Crippen LogP contribution in [-0.4, -0.2) is 64.3 Å². The van der Waals surface area contributed by atoms with Gasteiger partial charge in [-0.15, -0.1) is 5.10 Å². The molecule has 43 heavy (non-hydrogen) atoms. The standard InChI is InChI=1S/C32H36N6O4S/c1-21(2)36(4)19-23-10-11-27-28(13-16-42-30(27)17-23)37-20-24(34-35-37)18-29-32(39)33-14-15-38(29)43(40,41)31-12-9-22(3)25-7-5-6-8-26(25)31/h5-12,14-15,17,20-21,28-29H,13,16,18-19H2,1-4H3,(H,33,39). The lowest BCUT2D eigenvalue weighted by Crippen LogP contribution is -2.50. The van der Waals surface area contributed by atoms with Gasteiger partial charge in [-0.2, -0.15) is 0 Å². The third-order valence-electron chi connectivity index (χ3n) is 8.39. The molecular formula is C32H36N6O4S. The van der Waals surface area contributed by atoms with Gasteiger partial charge >= 0.3 is 0 Å². The van der Waals surface area contributed by atoms with E-state index >= 15 is 0 Å². The number of ether oxygens (including phenoxy) is 1. The van der Waals surface area contributed by atoms with Gasteiger partial charge in [0.05, 0.1) is 23.2 Å². The fourth-order valence-electron chi connectivity index (χ4n) is 5.72. The lowest BCUT2D eigenvalue weighted by Gasteiger charge is -2.31. The van der Waals surface area contributed by atoms with Crippen LogP contribution < -0.4 is 10.1 Å². The average Bonchev–Trinajstić information content (AvgIpc) is 3.46. The Balaban J connectivity index is 1.26. The Kier molecular flexibility index (Phi) is 7.70. The monoisotopic (exact) mass is 600 g/mol. The second-order valence-electron chi connectivity index (χ2n) is 11.5. The summed E-state index contributed by atoms with van der Waals surface area (Å²) in [6, 6.07) is 16.4. The summed E-state index contributed by atoms with van der Waals surface area (Å²) >= 11 is 0. The van der Waals surface area contributed by atoms with E-state index < -0.39 is 22.0 Å². The summed E-state index contributed by atoms with van der Waals surface area (Å²) < 4.78 is 37.0. The number of hydrogen-bond donors (Lipinski definition) is 1. The second-order valence-corrected chi connectivity index (χ2v) is 13.3. The van der Waals surface area contributed by atoms with Crippen molar-refractivity contribution in [1.82, 2.24) is 29.5 Å². The van der Waals surface area contributed by atoms with Crippen molar-refractivity contribution in [1.29, 1.82) is 0 Å². The number of hydrogen-bond acceptors (Lipinski definition) is 7. The molecule has 3 heterocycles. The van der Waals surface area contributed by atoms with Gasteiger partial charge in [-0.3, -0.25) is 14.0 Å². The number of nitrogens with zero attached hydrogens (tertiary/aromatic N) is 5. The highest BCUT2D eigenvalue weighted by molar-refractivity contribution is 7.89. The van der Waals surface area contributed by atoms with Crippen LogP contribution in [0.4, 0.5) is 0 Å². The maximum absolute atomic E-state index is 14.0. The summed E-state index contributed by atoms with van der Waals surface area (Å²) in [4.78, 5) is 15.5. The van der Waals surface area contributed by atoms with Gasteiger partial charge in [-0.1, -0.05) is 47.7 Å². The number of nitrogens with one attached hydrogen (secondary N) is 1. The Morgan fingerprint density at radius 1 is 1.12 bits per heavy atom. The highest BCUT2D eigenvalue weighted by Gasteiger charge is 2.37. The Morgan fingerprint density at radius 3 is 2.70 bits per heavy atom. The van der Waals surface area contributed by atoms with Gasteiger partial charge in [-0.25, -0.2) is 13.1 Å². The molecule has 0 radical (unpaired) electrons. The Morgan fingerprint density at radius 2 is 1.91 bits per heavy atom. The van der Waals surface area contributed by atoms with Crippen LogP contribution in [0.25, 0.3) is 10.8 Å². The van der Waals surface area contributed by atoms with Crippen molar-refractivity contribution < 1.29 is 17.9 Å². The molecule has 0 spiro atoms.